The van der Waals surface area contributed by atoms with Crippen LogP contribution in [0.5, 0.6) is 0 Å². The maximum absolute atomic E-state index is 12.4. The van der Waals surface area contributed by atoms with Gasteiger partial charge in [0, 0.05) is 33.7 Å². The molecule has 2 aromatic heterocycles. The number of amides is 1. The van der Waals surface area contributed by atoms with E-state index in [-0.39, 0.29) is 11.9 Å². The lowest BCUT2D eigenvalue weighted by atomic mass is 10.1. The van der Waals surface area contributed by atoms with E-state index in [2.05, 4.69) is 15.3 Å². The third kappa shape index (κ3) is 2.32. The molecule has 20 heavy (non-hydrogen) atoms. The van der Waals surface area contributed by atoms with E-state index in [4.69, 9.17) is 0 Å². The van der Waals surface area contributed by atoms with Crippen LogP contribution in [0.4, 0.5) is 0 Å². The Kier molecular flexibility index (Phi) is 3.28. The van der Waals surface area contributed by atoms with E-state index in [1.54, 1.807) is 11.3 Å². The van der Waals surface area contributed by atoms with Crippen LogP contribution in [0.2, 0.25) is 0 Å². The van der Waals surface area contributed by atoms with E-state index in [0.717, 1.165) is 20.8 Å². The van der Waals surface area contributed by atoms with Crippen molar-refractivity contribution < 1.29 is 4.79 Å². The molecule has 2 N–H and O–H groups in total. The number of nitrogens with one attached hydrogen (secondary N) is 2. The Morgan fingerprint density at radius 2 is 2.25 bits per heavy atom. The molecule has 2 heterocycles. The maximum atomic E-state index is 12.4. The number of aryl methyl sites for hydroxylation is 1. The van der Waals surface area contributed by atoms with Gasteiger partial charge in [-0.3, -0.25) is 4.79 Å². The van der Waals surface area contributed by atoms with Gasteiger partial charge < -0.3 is 10.3 Å². The van der Waals surface area contributed by atoms with Crippen molar-refractivity contribution in [2.24, 2.45) is 0 Å². The number of carbonyl (C=O) groups is 1. The van der Waals surface area contributed by atoms with Crippen LogP contribution in [-0.2, 0) is 0 Å². The Morgan fingerprint density at radius 3 is 3.00 bits per heavy atom. The Hall–Kier alpha value is -2.14. The smallest absolute Gasteiger partial charge is 0.252 e. The summed E-state index contributed by atoms with van der Waals surface area (Å²) in [5.41, 5.74) is 1.65. The van der Waals surface area contributed by atoms with Crippen molar-refractivity contribution in [3.63, 3.8) is 0 Å². The molecule has 0 radical (unpaired) electrons. The van der Waals surface area contributed by atoms with Gasteiger partial charge in [-0.15, -0.1) is 11.3 Å². The second-order valence-corrected chi connectivity index (χ2v) is 6.02. The molecule has 1 amide bonds. The fourth-order valence-corrected chi connectivity index (χ4v) is 2.97. The summed E-state index contributed by atoms with van der Waals surface area (Å²) >= 11 is 1.61. The highest BCUT2D eigenvalue weighted by molar-refractivity contribution is 7.11. The van der Waals surface area contributed by atoms with Crippen molar-refractivity contribution in [1.82, 2.24) is 15.3 Å². The lowest BCUT2D eigenvalue weighted by molar-refractivity contribution is 0.0941. The third-order valence-electron chi connectivity index (χ3n) is 3.20. The molecular weight excluding hydrogens is 270 g/mol. The van der Waals surface area contributed by atoms with E-state index in [1.807, 2.05) is 50.5 Å². The molecule has 5 heteroatoms. The molecule has 0 saturated carbocycles. The molecule has 0 aliphatic carbocycles. The Labute approximate surface area is 120 Å². The molecule has 3 aromatic rings. The van der Waals surface area contributed by atoms with Crippen molar-refractivity contribution >= 4 is 28.1 Å². The molecule has 1 atom stereocenters. The summed E-state index contributed by atoms with van der Waals surface area (Å²) in [6, 6.07) is 7.51. The summed E-state index contributed by atoms with van der Waals surface area (Å²) in [4.78, 5) is 21.0. The van der Waals surface area contributed by atoms with Gasteiger partial charge in [-0.1, -0.05) is 6.07 Å². The highest BCUT2D eigenvalue weighted by Crippen LogP contribution is 2.21. The summed E-state index contributed by atoms with van der Waals surface area (Å²) in [7, 11) is 0. The topological polar surface area (TPSA) is 57.8 Å². The van der Waals surface area contributed by atoms with Gasteiger partial charge in [-0.2, -0.15) is 0 Å². The molecule has 0 aliphatic rings. The van der Waals surface area contributed by atoms with Gasteiger partial charge in [0.15, 0.2) is 0 Å². The molecule has 0 saturated heterocycles. The lowest BCUT2D eigenvalue weighted by Crippen LogP contribution is -2.26. The first-order chi connectivity index (χ1) is 9.65. The van der Waals surface area contributed by atoms with Crippen molar-refractivity contribution in [3.8, 4) is 0 Å². The lowest BCUT2D eigenvalue weighted by Gasteiger charge is -2.11. The number of benzene rings is 1. The third-order valence-corrected chi connectivity index (χ3v) is 4.29. The van der Waals surface area contributed by atoms with Crippen LogP contribution >= 0.6 is 11.3 Å². The largest absolute Gasteiger partial charge is 0.361 e. The zero-order chi connectivity index (χ0) is 14.1. The van der Waals surface area contributed by atoms with Crippen LogP contribution in [0.25, 0.3) is 10.9 Å². The van der Waals surface area contributed by atoms with Crippen molar-refractivity contribution in [2.75, 3.05) is 0 Å². The minimum Gasteiger partial charge on any atom is -0.361 e. The van der Waals surface area contributed by atoms with Gasteiger partial charge in [0.25, 0.3) is 5.91 Å². The summed E-state index contributed by atoms with van der Waals surface area (Å²) in [6.45, 7) is 3.96. The average Bonchev–Trinajstić information content (AvgIpc) is 3.06. The number of thiazole rings is 1. The van der Waals surface area contributed by atoms with Crippen molar-refractivity contribution in [1.29, 1.82) is 0 Å². The molecule has 4 nitrogen and oxygen atoms in total. The maximum Gasteiger partial charge on any atom is 0.252 e. The number of carbonyl (C=O) groups excluding carboxylic acids is 1. The number of rotatable bonds is 3. The second kappa shape index (κ2) is 5.09. The highest BCUT2D eigenvalue weighted by atomic mass is 32.1. The van der Waals surface area contributed by atoms with Gasteiger partial charge in [0.05, 0.1) is 6.04 Å². The molecule has 3 rings (SSSR count). The van der Waals surface area contributed by atoms with Crippen LogP contribution in [0.1, 0.15) is 33.2 Å². The zero-order valence-corrected chi connectivity index (χ0v) is 12.1. The fourth-order valence-electron chi connectivity index (χ4n) is 2.19. The summed E-state index contributed by atoms with van der Waals surface area (Å²) in [6.07, 6.45) is 3.67. The summed E-state index contributed by atoms with van der Waals surface area (Å²) in [5, 5.41) is 4.87. The normalized spacial score (nSPS) is 12.5. The van der Waals surface area contributed by atoms with E-state index in [1.165, 1.54) is 0 Å². The van der Waals surface area contributed by atoms with Gasteiger partial charge in [0.2, 0.25) is 0 Å². The van der Waals surface area contributed by atoms with E-state index < -0.39 is 0 Å². The second-order valence-electron chi connectivity index (χ2n) is 4.75. The van der Waals surface area contributed by atoms with Crippen LogP contribution in [-0.4, -0.2) is 15.9 Å². The Balaban J connectivity index is 1.84. The van der Waals surface area contributed by atoms with Gasteiger partial charge in [-0.05, 0) is 32.0 Å². The van der Waals surface area contributed by atoms with Crippen LogP contribution in [0.3, 0.4) is 0 Å². The SMILES string of the molecule is Cc1cnc(C(C)NC(=O)c2cccc3[nH]ccc23)s1. The number of H-pyrrole nitrogens is 1. The molecular formula is C15H15N3OS. The molecule has 1 aromatic carbocycles. The number of hydrogen-bond acceptors (Lipinski definition) is 3. The van der Waals surface area contributed by atoms with Crippen LogP contribution < -0.4 is 5.32 Å². The first-order valence-corrected chi connectivity index (χ1v) is 7.26. The Bertz CT molecular complexity index is 759. The van der Waals surface area contributed by atoms with Gasteiger partial charge >= 0.3 is 0 Å². The minimum atomic E-state index is -0.0876. The molecule has 0 fully saturated rings. The summed E-state index contributed by atoms with van der Waals surface area (Å²) in [5.74, 6) is -0.0736. The van der Waals surface area contributed by atoms with E-state index in [9.17, 15) is 4.79 Å². The van der Waals surface area contributed by atoms with Gasteiger partial charge in [-0.25, -0.2) is 4.98 Å². The number of aromatic nitrogens is 2. The van der Waals surface area contributed by atoms with Crippen molar-refractivity contribution in [2.45, 2.75) is 19.9 Å². The average molecular weight is 285 g/mol. The number of fused-ring (bicyclic) bond motifs is 1. The van der Waals surface area contributed by atoms with E-state index >= 15 is 0 Å². The first-order valence-electron chi connectivity index (χ1n) is 6.44. The number of nitrogens with zero attached hydrogens (tertiary/aromatic N) is 1. The fraction of sp³-hybridized carbons (Fsp3) is 0.200. The predicted octanol–water partition coefficient (Wildman–Crippen LogP) is 3.42. The quantitative estimate of drug-likeness (QED) is 0.774. The molecule has 0 spiro atoms. The highest BCUT2D eigenvalue weighted by Gasteiger charge is 2.16. The summed E-state index contributed by atoms with van der Waals surface area (Å²) < 4.78 is 0. The minimum absolute atomic E-state index is 0.0736. The number of hydrogen-bond donors (Lipinski definition) is 2. The number of aromatic amines is 1. The predicted molar refractivity (Wildman–Crippen MR) is 81.0 cm³/mol. The molecule has 1 unspecified atom stereocenters. The molecule has 102 valence electrons. The Morgan fingerprint density at radius 1 is 1.40 bits per heavy atom. The van der Waals surface area contributed by atoms with Crippen LogP contribution in [0.15, 0.2) is 36.7 Å². The molecule has 0 aliphatic heterocycles. The monoisotopic (exact) mass is 285 g/mol. The van der Waals surface area contributed by atoms with E-state index in [0.29, 0.717) is 5.56 Å². The van der Waals surface area contributed by atoms with Crippen molar-refractivity contribution in [3.05, 3.63) is 52.1 Å². The van der Waals surface area contributed by atoms with Gasteiger partial charge in [0.1, 0.15) is 5.01 Å². The molecule has 0 bridgehead atoms. The standard InChI is InChI=1S/C15H15N3OS/c1-9-8-17-15(20-9)10(2)18-14(19)12-4-3-5-13-11(12)6-7-16-13/h3-8,10,16H,1-2H3,(H,18,19). The zero-order valence-electron chi connectivity index (χ0n) is 11.3. The first kappa shape index (κ1) is 12.9. The van der Waals surface area contributed by atoms with Crippen LogP contribution in [0, 0.1) is 6.92 Å².